The van der Waals surface area contributed by atoms with Crippen molar-refractivity contribution in [3.05, 3.63) is 59.1 Å². The lowest BCUT2D eigenvalue weighted by Crippen LogP contribution is -2.32. The highest BCUT2D eigenvalue weighted by Crippen LogP contribution is 2.56. The standard InChI is InChI=1S/C22H18ClNO4/c23-15-5-9-17(10-6-15)28-22(27)12-3-7-16(8-4-12)24-20(25)18-13-1-2-14(11-13)19(18)21(24)26/h3-10,13-14,18-19H,1-2,11H2/t13-,14-,18-,19+/m0/s1. The quantitative estimate of drug-likeness (QED) is 0.446. The van der Waals surface area contributed by atoms with Crippen LogP contribution in [0.5, 0.6) is 5.75 Å². The maximum atomic E-state index is 12.9. The Labute approximate surface area is 167 Å². The summed E-state index contributed by atoms with van der Waals surface area (Å²) in [5.41, 5.74) is 0.866. The first kappa shape index (κ1) is 17.4. The Bertz CT molecular complexity index is 941. The fourth-order valence-electron chi connectivity index (χ4n) is 5.08. The van der Waals surface area contributed by atoms with Gasteiger partial charge in [-0.15, -0.1) is 0 Å². The van der Waals surface area contributed by atoms with E-state index in [2.05, 4.69) is 0 Å². The summed E-state index contributed by atoms with van der Waals surface area (Å²) in [6, 6.07) is 12.9. The first-order valence-corrected chi connectivity index (χ1v) is 9.86. The van der Waals surface area contributed by atoms with Crippen LogP contribution in [-0.4, -0.2) is 17.8 Å². The number of hydrogen-bond acceptors (Lipinski definition) is 4. The van der Waals surface area contributed by atoms with Gasteiger partial charge in [0.1, 0.15) is 5.75 Å². The lowest BCUT2D eigenvalue weighted by atomic mass is 9.81. The second-order valence-electron chi connectivity index (χ2n) is 7.79. The molecule has 28 heavy (non-hydrogen) atoms. The molecule has 2 aromatic rings. The van der Waals surface area contributed by atoms with Crippen molar-refractivity contribution in [1.29, 1.82) is 0 Å². The monoisotopic (exact) mass is 395 g/mol. The van der Waals surface area contributed by atoms with Crippen LogP contribution in [0.4, 0.5) is 5.69 Å². The highest BCUT2D eigenvalue weighted by Gasteiger charge is 2.61. The number of hydrogen-bond donors (Lipinski definition) is 0. The van der Waals surface area contributed by atoms with Gasteiger partial charge in [-0.3, -0.25) is 14.5 Å². The molecule has 2 amide bonds. The van der Waals surface area contributed by atoms with Crippen molar-refractivity contribution in [3.8, 4) is 5.75 Å². The highest BCUT2D eigenvalue weighted by molar-refractivity contribution is 6.30. The number of rotatable bonds is 3. The van der Waals surface area contributed by atoms with E-state index in [9.17, 15) is 14.4 Å². The summed E-state index contributed by atoms with van der Waals surface area (Å²) in [7, 11) is 0. The molecule has 2 aromatic carbocycles. The predicted octanol–water partition coefficient (Wildman–Crippen LogP) is 4.09. The number of benzene rings is 2. The molecule has 3 fully saturated rings. The molecule has 5 nitrogen and oxygen atoms in total. The van der Waals surface area contributed by atoms with Crippen molar-refractivity contribution >= 4 is 35.1 Å². The topological polar surface area (TPSA) is 63.7 Å². The zero-order chi connectivity index (χ0) is 19.4. The normalized spacial score (nSPS) is 28.0. The van der Waals surface area contributed by atoms with Gasteiger partial charge in [0, 0.05) is 5.02 Å². The molecule has 4 atom stereocenters. The van der Waals surface area contributed by atoms with Crippen LogP contribution in [0.15, 0.2) is 48.5 Å². The van der Waals surface area contributed by atoms with Gasteiger partial charge in [-0.25, -0.2) is 4.79 Å². The minimum atomic E-state index is -0.511. The maximum Gasteiger partial charge on any atom is 0.343 e. The van der Waals surface area contributed by atoms with E-state index in [4.69, 9.17) is 16.3 Å². The third-order valence-corrected chi connectivity index (χ3v) is 6.56. The van der Waals surface area contributed by atoms with Gasteiger partial charge in [0.15, 0.2) is 0 Å². The van der Waals surface area contributed by atoms with E-state index in [1.54, 1.807) is 48.5 Å². The molecule has 0 radical (unpaired) electrons. The van der Waals surface area contributed by atoms with E-state index in [1.807, 2.05) is 0 Å². The van der Waals surface area contributed by atoms with Crippen molar-refractivity contribution in [2.24, 2.45) is 23.7 Å². The average Bonchev–Trinajstić information content (AvgIpc) is 3.38. The number of carbonyl (C=O) groups is 3. The van der Waals surface area contributed by atoms with Gasteiger partial charge in [0.25, 0.3) is 0 Å². The zero-order valence-electron chi connectivity index (χ0n) is 15.0. The number of imide groups is 1. The Morgan fingerprint density at radius 2 is 1.46 bits per heavy atom. The molecule has 2 saturated carbocycles. The molecule has 0 unspecified atom stereocenters. The summed E-state index contributed by atoms with van der Waals surface area (Å²) >= 11 is 5.83. The van der Waals surface area contributed by atoms with E-state index < -0.39 is 5.97 Å². The summed E-state index contributed by atoms with van der Waals surface area (Å²) in [5, 5.41) is 0.558. The van der Waals surface area contributed by atoms with Crippen molar-refractivity contribution in [2.45, 2.75) is 19.3 Å². The van der Waals surface area contributed by atoms with Gasteiger partial charge in [-0.2, -0.15) is 0 Å². The molecule has 2 aliphatic carbocycles. The lowest BCUT2D eigenvalue weighted by Gasteiger charge is -2.19. The smallest absolute Gasteiger partial charge is 0.343 e. The molecule has 0 spiro atoms. The Balaban J connectivity index is 1.34. The van der Waals surface area contributed by atoms with Gasteiger partial charge in [-0.05, 0) is 79.6 Å². The van der Waals surface area contributed by atoms with Crippen LogP contribution in [-0.2, 0) is 9.59 Å². The number of halogens is 1. The van der Waals surface area contributed by atoms with E-state index in [0.717, 1.165) is 19.3 Å². The molecule has 1 heterocycles. The lowest BCUT2D eigenvalue weighted by molar-refractivity contribution is -0.123. The number of ether oxygens (including phenoxy) is 1. The third-order valence-electron chi connectivity index (χ3n) is 6.31. The van der Waals surface area contributed by atoms with Gasteiger partial charge >= 0.3 is 5.97 Å². The third kappa shape index (κ3) is 2.65. The molecule has 0 N–H and O–H groups in total. The van der Waals surface area contributed by atoms with E-state index in [1.165, 1.54) is 4.90 Å². The Kier molecular flexibility index (Phi) is 4.02. The molecule has 1 saturated heterocycles. The molecule has 3 aliphatic rings. The second kappa shape index (κ2) is 6.45. The maximum absolute atomic E-state index is 12.9. The minimum Gasteiger partial charge on any atom is -0.423 e. The van der Waals surface area contributed by atoms with E-state index >= 15 is 0 Å². The Hall–Kier alpha value is -2.66. The summed E-state index contributed by atoms with van der Waals surface area (Å²) in [5.74, 6) is 0.115. The number of nitrogens with zero attached hydrogens (tertiary/aromatic N) is 1. The van der Waals surface area contributed by atoms with Gasteiger partial charge < -0.3 is 4.74 Å². The highest BCUT2D eigenvalue weighted by atomic mass is 35.5. The van der Waals surface area contributed by atoms with Gasteiger partial charge in [0.05, 0.1) is 23.1 Å². The molecular formula is C22H18ClNO4. The molecule has 0 aromatic heterocycles. The number of anilines is 1. The van der Waals surface area contributed by atoms with Crippen molar-refractivity contribution in [1.82, 2.24) is 0 Å². The van der Waals surface area contributed by atoms with Crippen LogP contribution < -0.4 is 9.64 Å². The number of amides is 2. The first-order chi connectivity index (χ1) is 13.5. The molecular weight excluding hydrogens is 378 g/mol. The van der Waals surface area contributed by atoms with Gasteiger partial charge in [-0.1, -0.05) is 11.6 Å². The van der Waals surface area contributed by atoms with E-state index in [-0.39, 0.29) is 23.7 Å². The Morgan fingerprint density at radius 3 is 2.04 bits per heavy atom. The second-order valence-corrected chi connectivity index (χ2v) is 8.22. The zero-order valence-corrected chi connectivity index (χ0v) is 15.8. The molecule has 5 rings (SSSR count). The first-order valence-electron chi connectivity index (χ1n) is 9.48. The summed E-state index contributed by atoms with van der Waals surface area (Å²) in [6.07, 6.45) is 3.11. The van der Waals surface area contributed by atoms with Crippen molar-refractivity contribution < 1.29 is 19.1 Å². The summed E-state index contributed by atoms with van der Waals surface area (Å²) < 4.78 is 5.32. The Morgan fingerprint density at radius 1 is 0.893 bits per heavy atom. The number of fused-ring (bicyclic) bond motifs is 5. The average molecular weight is 396 g/mol. The fourth-order valence-corrected chi connectivity index (χ4v) is 5.20. The summed E-state index contributed by atoms with van der Waals surface area (Å²) in [6.45, 7) is 0. The molecule has 2 bridgehead atoms. The van der Waals surface area contributed by atoms with Crippen molar-refractivity contribution in [3.63, 3.8) is 0 Å². The van der Waals surface area contributed by atoms with Crippen LogP contribution in [0, 0.1) is 23.7 Å². The predicted molar refractivity (Wildman–Crippen MR) is 103 cm³/mol. The molecule has 142 valence electrons. The molecule has 1 aliphatic heterocycles. The SMILES string of the molecule is O=C(Oc1ccc(Cl)cc1)c1ccc(N2C(=O)[C@@H]3[C@H]4CC[C@@H](C4)[C@@H]3C2=O)cc1. The van der Waals surface area contributed by atoms with Crippen LogP contribution in [0.3, 0.4) is 0 Å². The van der Waals surface area contributed by atoms with E-state index in [0.29, 0.717) is 33.9 Å². The minimum absolute atomic E-state index is 0.0845. The number of esters is 1. The van der Waals surface area contributed by atoms with Crippen LogP contribution in [0.2, 0.25) is 5.02 Å². The van der Waals surface area contributed by atoms with Crippen LogP contribution >= 0.6 is 11.6 Å². The summed E-state index contributed by atoms with van der Waals surface area (Å²) in [4.78, 5) is 39.4. The van der Waals surface area contributed by atoms with Gasteiger partial charge in [0.2, 0.25) is 11.8 Å². The van der Waals surface area contributed by atoms with Crippen LogP contribution in [0.25, 0.3) is 0 Å². The fraction of sp³-hybridized carbons (Fsp3) is 0.318. The van der Waals surface area contributed by atoms with Crippen LogP contribution in [0.1, 0.15) is 29.6 Å². The van der Waals surface area contributed by atoms with Crippen molar-refractivity contribution in [2.75, 3.05) is 4.90 Å². The molecule has 6 heteroatoms. The largest absolute Gasteiger partial charge is 0.423 e. The number of carbonyl (C=O) groups excluding carboxylic acids is 3.